The van der Waals surface area contributed by atoms with E-state index >= 15 is 0 Å². The van der Waals surface area contributed by atoms with Gasteiger partial charge in [-0.3, -0.25) is 9.89 Å². The molecule has 0 bridgehead atoms. The van der Waals surface area contributed by atoms with Crippen molar-refractivity contribution < 1.29 is 9.47 Å². The summed E-state index contributed by atoms with van der Waals surface area (Å²) >= 11 is 0. The number of guanidine groups is 1. The van der Waals surface area contributed by atoms with Gasteiger partial charge in [0.15, 0.2) is 5.96 Å². The molecule has 1 unspecified atom stereocenters. The summed E-state index contributed by atoms with van der Waals surface area (Å²) in [7, 11) is 1.87. The summed E-state index contributed by atoms with van der Waals surface area (Å²) in [5.74, 6) is 1.53. The summed E-state index contributed by atoms with van der Waals surface area (Å²) in [6.45, 7) is 14.0. The predicted octanol–water partition coefficient (Wildman–Crippen LogP) is 3.11. The monoisotopic (exact) mass is 510 g/mol. The summed E-state index contributed by atoms with van der Waals surface area (Å²) in [6.07, 6.45) is 6.42. The van der Waals surface area contributed by atoms with E-state index in [2.05, 4.69) is 41.3 Å². The van der Waals surface area contributed by atoms with Gasteiger partial charge in [-0.05, 0) is 37.5 Å². The molecule has 0 amide bonds. The molecule has 0 aromatic heterocycles. The first-order valence-electron chi connectivity index (χ1n) is 10.9. The Hall–Kier alpha value is -0.120. The van der Waals surface area contributed by atoms with Crippen LogP contribution in [0.5, 0.6) is 0 Å². The maximum absolute atomic E-state index is 5.64. The summed E-state index contributed by atoms with van der Waals surface area (Å²) in [5.41, 5.74) is 0.369. The summed E-state index contributed by atoms with van der Waals surface area (Å²) in [5, 5.41) is 7.20. The molecule has 0 aromatic carbocycles. The molecule has 1 saturated heterocycles. The van der Waals surface area contributed by atoms with E-state index < -0.39 is 0 Å². The van der Waals surface area contributed by atoms with Crippen molar-refractivity contribution in [1.29, 1.82) is 0 Å². The third-order valence-electron chi connectivity index (χ3n) is 6.26. The van der Waals surface area contributed by atoms with Gasteiger partial charge in [0.25, 0.3) is 0 Å². The predicted molar refractivity (Wildman–Crippen MR) is 128 cm³/mol. The molecule has 1 aliphatic carbocycles. The lowest BCUT2D eigenvalue weighted by atomic mass is 9.83. The minimum Gasteiger partial charge on any atom is -0.382 e. The highest BCUT2D eigenvalue weighted by Gasteiger charge is 2.33. The van der Waals surface area contributed by atoms with E-state index in [1.165, 1.54) is 25.7 Å². The Morgan fingerprint density at radius 2 is 1.86 bits per heavy atom. The normalized spacial score (nSPS) is 21.4. The number of morpholine rings is 1. The largest absolute Gasteiger partial charge is 0.382 e. The number of hydrogen-bond donors (Lipinski definition) is 2. The quantitative estimate of drug-likeness (QED) is 0.205. The van der Waals surface area contributed by atoms with Gasteiger partial charge in [0.1, 0.15) is 0 Å². The number of nitrogens with zero attached hydrogens (tertiary/aromatic N) is 2. The number of rotatable bonds is 10. The lowest BCUT2D eigenvalue weighted by Crippen LogP contribution is -2.53. The fraction of sp³-hybridized carbons (Fsp3) is 0.952. The third-order valence-corrected chi connectivity index (χ3v) is 6.26. The lowest BCUT2D eigenvalue weighted by molar-refractivity contribution is 0.00751. The van der Waals surface area contributed by atoms with Crippen molar-refractivity contribution in [2.24, 2.45) is 16.3 Å². The smallest absolute Gasteiger partial charge is 0.191 e. The second-order valence-electron chi connectivity index (χ2n) is 8.42. The molecule has 0 spiro atoms. The average Bonchev–Trinajstić information content (AvgIpc) is 3.14. The van der Waals surface area contributed by atoms with Crippen LogP contribution in [0.1, 0.15) is 52.9 Å². The first kappa shape index (κ1) is 25.9. The lowest BCUT2D eigenvalue weighted by Gasteiger charge is -2.37. The van der Waals surface area contributed by atoms with Gasteiger partial charge in [0.05, 0.1) is 13.2 Å². The molecule has 0 aromatic rings. The van der Waals surface area contributed by atoms with Crippen LogP contribution >= 0.6 is 24.0 Å². The molecule has 28 heavy (non-hydrogen) atoms. The zero-order valence-electron chi connectivity index (χ0n) is 18.5. The molecular formula is C21H43IN4O2. The average molecular weight is 511 g/mol. The molecule has 6 nitrogen and oxygen atoms in total. The second kappa shape index (κ2) is 14.0. The van der Waals surface area contributed by atoms with Gasteiger partial charge in [-0.2, -0.15) is 0 Å². The molecule has 2 N–H and O–H groups in total. The summed E-state index contributed by atoms with van der Waals surface area (Å²) in [4.78, 5) is 7.02. The van der Waals surface area contributed by atoms with Gasteiger partial charge in [0.2, 0.25) is 0 Å². The minimum absolute atomic E-state index is 0. The van der Waals surface area contributed by atoms with Crippen molar-refractivity contribution in [3.63, 3.8) is 0 Å². The standard InChI is InChI=1S/C21H42N4O2.HI/c1-5-26-13-10-21(8-6-7-9-21)17-24-20(22-4)23-16-19(18(2)3)25-11-14-27-15-12-25;/h18-19H,5-17H2,1-4H3,(H2,22,23,24);1H. The Labute approximate surface area is 189 Å². The van der Waals surface area contributed by atoms with Gasteiger partial charge in [0, 0.05) is 52.5 Å². The van der Waals surface area contributed by atoms with Crippen LogP contribution in [-0.4, -0.2) is 76.6 Å². The van der Waals surface area contributed by atoms with Crippen molar-refractivity contribution in [1.82, 2.24) is 15.5 Å². The molecule has 1 atom stereocenters. The minimum atomic E-state index is 0. The molecular weight excluding hydrogens is 467 g/mol. The maximum atomic E-state index is 5.64. The van der Waals surface area contributed by atoms with E-state index in [1.807, 2.05) is 7.05 Å². The Morgan fingerprint density at radius 3 is 2.43 bits per heavy atom. The molecule has 2 fully saturated rings. The molecule has 1 aliphatic heterocycles. The SMILES string of the molecule is CCOCCC1(CNC(=NC)NCC(C(C)C)N2CCOCC2)CCCC1.I. The Kier molecular flexibility index (Phi) is 12.9. The van der Waals surface area contributed by atoms with Crippen LogP contribution < -0.4 is 10.6 Å². The highest BCUT2D eigenvalue weighted by Crippen LogP contribution is 2.40. The van der Waals surface area contributed by atoms with Crippen LogP contribution in [0.2, 0.25) is 0 Å². The first-order chi connectivity index (χ1) is 13.1. The van der Waals surface area contributed by atoms with Gasteiger partial charge in [-0.1, -0.05) is 26.7 Å². The molecule has 2 aliphatic rings. The van der Waals surface area contributed by atoms with Crippen molar-refractivity contribution in [3.05, 3.63) is 0 Å². The van der Waals surface area contributed by atoms with E-state index in [0.29, 0.717) is 17.4 Å². The Bertz CT molecular complexity index is 436. The van der Waals surface area contributed by atoms with Crippen LogP contribution in [0, 0.1) is 11.3 Å². The van der Waals surface area contributed by atoms with Crippen LogP contribution in [-0.2, 0) is 9.47 Å². The molecule has 2 rings (SSSR count). The zero-order chi connectivity index (χ0) is 19.5. The van der Waals surface area contributed by atoms with E-state index in [1.54, 1.807) is 0 Å². The van der Waals surface area contributed by atoms with Crippen molar-refractivity contribution in [2.75, 3.05) is 59.7 Å². The number of hydrogen-bond acceptors (Lipinski definition) is 4. The van der Waals surface area contributed by atoms with Gasteiger partial charge in [-0.25, -0.2) is 0 Å². The van der Waals surface area contributed by atoms with Crippen molar-refractivity contribution in [3.8, 4) is 0 Å². The first-order valence-corrected chi connectivity index (χ1v) is 10.9. The third kappa shape index (κ3) is 8.32. The van der Waals surface area contributed by atoms with Gasteiger partial charge >= 0.3 is 0 Å². The molecule has 1 saturated carbocycles. The van der Waals surface area contributed by atoms with E-state index in [9.17, 15) is 0 Å². The number of nitrogens with one attached hydrogen (secondary N) is 2. The van der Waals surface area contributed by atoms with E-state index in [0.717, 1.165) is 65.0 Å². The van der Waals surface area contributed by atoms with E-state index in [-0.39, 0.29) is 24.0 Å². The molecule has 7 heteroatoms. The van der Waals surface area contributed by atoms with Crippen LogP contribution in [0.4, 0.5) is 0 Å². The van der Waals surface area contributed by atoms with Crippen LogP contribution in [0.15, 0.2) is 4.99 Å². The topological polar surface area (TPSA) is 58.1 Å². The maximum Gasteiger partial charge on any atom is 0.191 e. The van der Waals surface area contributed by atoms with Gasteiger partial charge < -0.3 is 20.1 Å². The van der Waals surface area contributed by atoms with Crippen LogP contribution in [0.3, 0.4) is 0 Å². The molecule has 1 heterocycles. The van der Waals surface area contributed by atoms with Crippen molar-refractivity contribution in [2.45, 2.75) is 58.9 Å². The van der Waals surface area contributed by atoms with E-state index in [4.69, 9.17) is 9.47 Å². The number of halogens is 1. The van der Waals surface area contributed by atoms with Gasteiger partial charge in [-0.15, -0.1) is 24.0 Å². The number of ether oxygens (including phenoxy) is 2. The Balaban J connectivity index is 0.00000392. The fourth-order valence-corrected chi connectivity index (χ4v) is 4.46. The second-order valence-corrected chi connectivity index (χ2v) is 8.42. The summed E-state index contributed by atoms with van der Waals surface area (Å²) < 4.78 is 11.2. The zero-order valence-corrected chi connectivity index (χ0v) is 20.8. The highest BCUT2D eigenvalue weighted by atomic mass is 127. The molecule has 166 valence electrons. The fourth-order valence-electron chi connectivity index (χ4n) is 4.46. The highest BCUT2D eigenvalue weighted by molar-refractivity contribution is 14.0. The number of aliphatic imine (C=N–C) groups is 1. The Morgan fingerprint density at radius 1 is 1.18 bits per heavy atom. The summed E-state index contributed by atoms with van der Waals surface area (Å²) in [6, 6.07) is 0.505. The van der Waals surface area contributed by atoms with Crippen LogP contribution in [0.25, 0.3) is 0 Å². The molecule has 0 radical (unpaired) electrons. The van der Waals surface area contributed by atoms with Crippen molar-refractivity contribution >= 4 is 29.9 Å².